The lowest BCUT2D eigenvalue weighted by Crippen LogP contribution is -2.13. The summed E-state index contributed by atoms with van der Waals surface area (Å²) in [6.07, 6.45) is -3.38. The minimum absolute atomic E-state index is 0.0341. The molecule has 0 fully saturated rings. The zero-order valence-corrected chi connectivity index (χ0v) is 11.1. The van der Waals surface area contributed by atoms with Gasteiger partial charge in [0.05, 0.1) is 33.7 Å². The van der Waals surface area contributed by atoms with Gasteiger partial charge in [0.1, 0.15) is 5.82 Å². The van der Waals surface area contributed by atoms with Crippen LogP contribution >= 0.6 is 0 Å². The van der Waals surface area contributed by atoms with E-state index in [1.165, 1.54) is 10.9 Å². The highest BCUT2D eigenvalue weighted by molar-refractivity contribution is 6.10. The monoisotopic (exact) mass is 310 g/mol. The number of aromatic nitrogens is 3. The first kappa shape index (κ1) is 14.1. The third-order valence-corrected chi connectivity index (χ3v) is 3.38. The van der Waals surface area contributed by atoms with E-state index in [1.807, 2.05) is 0 Å². The molecule has 22 heavy (non-hydrogen) atoms. The fourth-order valence-electron chi connectivity index (χ4n) is 2.42. The van der Waals surface area contributed by atoms with Gasteiger partial charge in [-0.25, -0.2) is 9.78 Å². The summed E-state index contributed by atoms with van der Waals surface area (Å²) >= 11 is 0. The van der Waals surface area contributed by atoms with Crippen molar-refractivity contribution in [2.24, 2.45) is 7.05 Å². The zero-order chi connectivity index (χ0) is 16.2. The number of hydrogen-bond acceptors (Lipinski definition) is 4. The molecule has 1 aromatic carbocycles. The molecular formula is C13H9F3N4O2. The highest BCUT2D eigenvalue weighted by Crippen LogP contribution is 2.36. The predicted octanol–water partition coefficient (Wildman–Crippen LogP) is 2.42. The van der Waals surface area contributed by atoms with Crippen LogP contribution in [0.25, 0.3) is 21.8 Å². The molecule has 0 atom stereocenters. The van der Waals surface area contributed by atoms with Crippen molar-refractivity contribution in [2.75, 3.05) is 5.73 Å². The van der Waals surface area contributed by atoms with Gasteiger partial charge in [0, 0.05) is 12.4 Å². The van der Waals surface area contributed by atoms with E-state index in [2.05, 4.69) is 10.1 Å². The number of carboxylic acids is 1. The molecule has 0 saturated heterocycles. The van der Waals surface area contributed by atoms with Crippen LogP contribution in [-0.2, 0) is 13.2 Å². The molecule has 114 valence electrons. The number of rotatable bonds is 1. The van der Waals surface area contributed by atoms with Crippen LogP contribution in [0.2, 0.25) is 0 Å². The number of anilines is 1. The van der Waals surface area contributed by atoms with Crippen molar-refractivity contribution in [2.45, 2.75) is 6.18 Å². The van der Waals surface area contributed by atoms with Crippen molar-refractivity contribution in [1.29, 1.82) is 0 Å². The summed E-state index contributed by atoms with van der Waals surface area (Å²) in [6.45, 7) is 0. The average Bonchev–Trinajstić information content (AvgIpc) is 2.79. The Hall–Kier alpha value is -2.84. The first-order valence-corrected chi connectivity index (χ1v) is 6.05. The topological polar surface area (TPSA) is 94.0 Å². The first-order valence-electron chi connectivity index (χ1n) is 6.05. The number of benzene rings is 1. The number of carbonyl (C=O) groups is 1. The number of carboxylic acid groups (broad SMARTS) is 1. The third kappa shape index (κ3) is 1.93. The maximum Gasteiger partial charge on any atom is 0.417 e. The Morgan fingerprint density at radius 2 is 2.00 bits per heavy atom. The summed E-state index contributed by atoms with van der Waals surface area (Å²) in [4.78, 5) is 15.1. The van der Waals surface area contributed by atoms with Crippen LogP contribution in [0, 0.1) is 0 Å². The van der Waals surface area contributed by atoms with Crippen LogP contribution in [0.5, 0.6) is 0 Å². The summed E-state index contributed by atoms with van der Waals surface area (Å²) in [5.41, 5.74) is 4.02. The SMILES string of the molecule is Cn1ncc2c(N)nc3cc(C(F)(F)F)c(C(=O)O)cc3c21. The highest BCUT2D eigenvalue weighted by atomic mass is 19.4. The van der Waals surface area contributed by atoms with Gasteiger partial charge >= 0.3 is 12.1 Å². The fourth-order valence-corrected chi connectivity index (χ4v) is 2.42. The van der Waals surface area contributed by atoms with Crippen molar-refractivity contribution in [3.63, 3.8) is 0 Å². The summed E-state index contributed by atoms with van der Waals surface area (Å²) in [7, 11) is 1.58. The minimum Gasteiger partial charge on any atom is -0.478 e. The number of nitrogens with zero attached hydrogens (tertiary/aromatic N) is 3. The molecule has 2 aromatic heterocycles. The third-order valence-electron chi connectivity index (χ3n) is 3.38. The quantitative estimate of drug-likeness (QED) is 0.720. The molecule has 0 aliphatic carbocycles. The summed E-state index contributed by atoms with van der Waals surface area (Å²) in [5, 5.41) is 13.7. The Morgan fingerprint density at radius 1 is 1.32 bits per heavy atom. The number of nitrogen functional groups attached to an aromatic ring is 1. The molecule has 0 unspecified atom stereocenters. The normalized spacial score (nSPS) is 12.2. The van der Waals surface area contributed by atoms with Crippen molar-refractivity contribution < 1.29 is 23.1 Å². The molecule has 0 amide bonds. The molecule has 2 heterocycles. The molecule has 9 heteroatoms. The van der Waals surface area contributed by atoms with Gasteiger partial charge in [-0.3, -0.25) is 4.68 Å². The van der Waals surface area contributed by atoms with Gasteiger partial charge in [0.2, 0.25) is 0 Å². The van der Waals surface area contributed by atoms with Crippen LogP contribution in [0.1, 0.15) is 15.9 Å². The van der Waals surface area contributed by atoms with Gasteiger partial charge in [-0.1, -0.05) is 0 Å². The number of fused-ring (bicyclic) bond motifs is 3. The number of aryl methyl sites for hydroxylation is 1. The molecule has 0 radical (unpaired) electrons. The van der Waals surface area contributed by atoms with Crippen molar-refractivity contribution in [3.8, 4) is 0 Å². The molecule has 0 spiro atoms. The summed E-state index contributed by atoms with van der Waals surface area (Å²) < 4.78 is 40.5. The fraction of sp³-hybridized carbons (Fsp3) is 0.154. The van der Waals surface area contributed by atoms with E-state index in [0.717, 1.165) is 6.07 Å². The molecule has 0 aliphatic rings. The van der Waals surface area contributed by atoms with Crippen LogP contribution in [0.15, 0.2) is 18.3 Å². The van der Waals surface area contributed by atoms with E-state index in [4.69, 9.17) is 10.8 Å². The van der Waals surface area contributed by atoms with Gasteiger partial charge in [-0.05, 0) is 12.1 Å². The van der Waals surface area contributed by atoms with E-state index >= 15 is 0 Å². The van der Waals surface area contributed by atoms with Crippen molar-refractivity contribution in [3.05, 3.63) is 29.5 Å². The van der Waals surface area contributed by atoms with Crippen molar-refractivity contribution >= 4 is 33.6 Å². The molecule has 0 saturated carbocycles. The average molecular weight is 310 g/mol. The van der Waals surface area contributed by atoms with Gasteiger partial charge in [-0.2, -0.15) is 18.3 Å². The number of halogens is 3. The van der Waals surface area contributed by atoms with E-state index < -0.39 is 23.3 Å². The second kappa shape index (κ2) is 4.33. The Morgan fingerprint density at radius 3 is 2.59 bits per heavy atom. The molecular weight excluding hydrogens is 301 g/mol. The number of hydrogen-bond donors (Lipinski definition) is 2. The van der Waals surface area contributed by atoms with E-state index in [1.54, 1.807) is 7.05 Å². The highest BCUT2D eigenvalue weighted by Gasteiger charge is 2.36. The van der Waals surface area contributed by atoms with Gasteiger partial charge in [-0.15, -0.1) is 0 Å². The maximum absolute atomic E-state index is 13.0. The zero-order valence-electron chi connectivity index (χ0n) is 11.1. The Balaban J connectivity index is 2.52. The summed E-state index contributed by atoms with van der Waals surface area (Å²) in [6, 6.07) is 1.65. The van der Waals surface area contributed by atoms with Crippen LogP contribution < -0.4 is 5.73 Å². The Bertz CT molecular complexity index is 931. The lowest BCUT2D eigenvalue weighted by molar-refractivity contribution is -0.138. The smallest absolute Gasteiger partial charge is 0.417 e. The van der Waals surface area contributed by atoms with E-state index in [-0.39, 0.29) is 16.7 Å². The van der Waals surface area contributed by atoms with Crippen LogP contribution in [-0.4, -0.2) is 25.8 Å². The molecule has 3 N–H and O–H groups in total. The second-order valence-electron chi connectivity index (χ2n) is 4.75. The van der Waals surface area contributed by atoms with Gasteiger partial charge < -0.3 is 10.8 Å². The number of aromatic carboxylic acids is 1. The second-order valence-corrected chi connectivity index (χ2v) is 4.75. The van der Waals surface area contributed by atoms with E-state index in [0.29, 0.717) is 17.0 Å². The van der Waals surface area contributed by atoms with Crippen LogP contribution in [0.4, 0.5) is 19.0 Å². The number of pyridine rings is 1. The maximum atomic E-state index is 13.0. The van der Waals surface area contributed by atoms with E-state index in [9.17, 15) is 18.0 Å². The first-order chi connectivity index (χ1) is 10.2. The molecule has 0 aliphatic heterocycles. The summed E-state index contributed by atoms with van der Waals surface area (Å²) in [5.74, 6) is -1.63. The molecule has 0 bridgehead atoms. The molecule has 6 nitrogen and oxygen atoms in total. The largest absolute Gasteiger partial charge is 0.478 e. The molecule has 3 aromatic rings. The lowest BCUT2D eigenvalue weighted by Gasteiger charge is -2.12. The van der Waals surface area contributed by atoms with Gasteiger partial charge in [0.25, 0.3) is 0 Å². The Labute approximate surface area is 121 Å². The van der Waals surface area contributed by atoms with Crippen LogP contribution in [0.3, 0.4) is 0 Å². The predicted molar refractivity (Wildman–Crippen MR) is 72.4 cm³/mol. The minimum atomic E-state index is -4.81. The molecule has 3 rings (SSSR count). The number of nitrogens with two attached hydrogens (primary N) is 1. The Kier molecular flexibility index (Phi) is 2.77. The number of alkyl halides is 3. The van der Waals surface area contributed by atoms with Gasteiger partial charge in [0.15, 0.2) is 0 Å². The lowest BCUT2D eigenvalue weighted by atomic mass is 10.0. The standard InChI is InChI=1S/C13H9F3N4O2/c1-20-10-6-2-5(12(21)22)8(13(14,15)16)3-9(6)19-11(17)7(10)4-18-20/h2-4H,1H3,(H2,17,19)(H,21,22). The van der Waals surface area contributed by atoms with Crippen molar-refractivity contribution in [1.82, 2.24) is 14.8 Å².